The summed E-state index contributed by atoms with van der Waals surface area (Å²) >= 11 is 0. The maximum absolute atomic E-state index is 13.3. The minimum Gasteiger partial charge on any atom is -0.493 e. The van der Waals surface area contributed by atoms with Gasteiger partial charge in [-0.2, -0.15) is 0 Å². The standard InChI is InChI=1S/C29H30N2O5/c32-27(36-19-15-23-10-5-2-6-11-23)21-26-28(33)30-16-17-31(26)29(34)24-12-7-13-25(20-24)35-18-14-22-8-3-1-4-9-22/h1-13,20,26H,14-19,21H2,(H,30,33). The Labute approximate surface area is 211 Å². The highest BCUT2D eigenvalue weighted by atomic mass is 16.5. The van der Waals surface area contributed by atoms with Crippen LogP contribution in [0, 0.1) is 0 Å². The van der Waals surface area contributed by atoms with E-state index in [1.54, 1.807) is 24.3 Å². The zero-order valence-electron chi connectivity index (χ0n) is 20.1. The number of benzene rings is 3. The molecule has 7 nitrogen and oxygen atoms in total. The molecule has 1 aliphatic heterocycles. The summed E-state index contributed by atoms with van der Waals surface area (Å²) in [6.45, 7) is 1.34. The van der Waals surface area contributed by atoms with Gasteiger partial charge in [-0.1, -0.05) is 66.7 Å². The van der Waals surface area contributed by atoms with Crippen LogP contribution in [0.4, 0.5) is 0 Å². The molecule has 3 aromatic carbocycles. The highest BCUT2D eigenvalue weighted by Gasteiger charge is 2.35. The zero-order chi connectivity index (χ0) is 25.2. The van der Waals surface area contributed by atoms with E-state index in [4.69, 9.17) is 9.47 Å². The SMILES string of the molecule is O=C(CC1C(=O)NCCN1C(=O)c1cccc(OCCc2ccccc2)c1)OCCc1ccccc1. The van der Waals surface area contributed by atoms with Crippen molar-refractivity contribution in [1.82, 2.24) is 10.2 Å². The fraction of sp³-hybridized carbons (Fsp3) is 0.276. The smallest absolute Gasteiger partial charge is 0.308 e. The fourth-order valence-electron chi connectivity index (χ4n) is 4.12. The summed E-state index contributed by atoms with van der Waals surface area (Å²) < 4.78 is 11.2. The van der Waals surface area contributed by atoms with Crippen LogP contribution in [-0.4, -0.2) is 55.0 Å². The predicted octanol–water partition coefficient (Wildman–Crippen LogP) is 3.42. The molecule has 1 atom stereocenters. The number of nitrogens with one attached hydrogen (secondary N) is 1. The van der Waals surface area contributed by atoms with Gasteiger partial charge in [0.15, 0.2) is 0 Å². The van der Waals surface area contributed by atoms with Crippen LogP contribution in [0.3, 0.4) is 0 Å². The second kappa shape index (κ2) is 12.5. The molecule has 0 spiro atoms. The van der Waals surface area contributed by atoms with Crippen LogP contribution < -0.4 is 10.1 Å². The van der Waals surface area contributed by atoms with Crippen LogP contribution in [0.1, 0.15) is 27.9 Å². The zero-order valence-corrected chi connectivity index (χ0v) is 20.1. The first-order valence-corrected chi connectivity index (χ1v) is 12.1. The summed E-state index contributed by atoms with van der Waals surface area (Å²) in [6, 6.07) is 25.7. The number of hydrogen-bond acceptors (Lipinski definition) is 5. The highest BCUT2D eigenvalue weighted by molar-refractivity contribution is 5.99. The van der Waals surface area contributed by atoms with Crippen molar-refractivity contribution in [1.29, 1.82) is 0 Å². The van der Waals surface area contributed by atoms with Crippen molar-refractivity contribution in [3.8, 4) is 5.75 Å². The molecule has 0 aromatic heterocycles. The van der Waals surface area contributed by atoms with E-state index in [1.165, 1.54) is 10.5 Å². The molecule has 1 aliphatic rings. The van der Waals surface area contributed by atoms with Gasteiger partial charge >= 0.3 is 5.97 Å². The quantitative estimate of drug-likeness (QED) is 0.444. The maximum atomic E-state index is 13.3. The van der Waals surface area contributed by atoms with Crippen LogP contribution in [0.25, 0.3) is 0 Å². The maximum Gasteiger partial charge on any atom is 0.308 e. The number of rotatable bonds is 10. The number of nitrogens with zero attached hydrogens (tertiary/aromatic N) is 1. The number of piperazine rings is 1. The second-order valence-corrected chi connectivity index (χ2v) is 8.58. The van der Waals surface area contributed by atoms with Crippen LogP contribution in [0.15, 0.2) is 84.9 Å². The Morgan fingerprint density at radius 1 is 0.861 bits per heavy atom. The largest absolute Gasteiger partial charge is 0.493 e. The van der Waals surface area contributed by atoms with Gasteiger partial charge in [-0.3, -0.25) is 14.4 Å². The molecule has 1 saturated heterocycles. The second-order valence-electron chi connectivity index (χ2n) is 8.58. The van der Waals surface area contributed by atoms with E-state index in [9.17, 15) is 14.4 Å². The third-order valence-electron chi connectivity index (χ3n) is 6.03. The molecule has 0 saturated carbocycles. The molecule has 1 unspecified atom stereocenters. The predicted molar refractivity (Wildman–Crippen MR) is 136 cm³/mol. The molecule has 4 rings (SSSR count). The Kier molecular flexibility index (Phi) is 8.70. The van der Waals surface area contributed by atoms with Crippen molar-refractivity contribution in [3.63, 3.8) is 0 Å². The average Bonchev–Trinajstić information content (AvgIpc) is 2.91. The molecule has 0 radical (unpaired) electrons. The summed E-state index contributed by atoms with van der Waals surface area (Å²) in [5.41, 5.74) is 2.63. The molecule has 2 amide bonds. The molecular weight excluding hydrogens is 456 g/mol. The van der Waals surface area contributed by atoms with Crippen LogP contribution in [0.2, 0.25) is 0 Å². The van der Waals surface area contributed by atoms with Gasteiger partial charge < -0.3 is 19.7 Å². The highest BCUT2D eigenvalue weighted by Crippen LogP contribution is 2.19. The van der Waals surface area contributed by atoms with Crippen molar-refractivity contribution in [2.75, 3.05) is 26.3 Å². The van der Waals surface area contributed by atoms with Gasteiger partial charge in [0.05, 0.1) is 19.6 Å². The molecule has 7 heteroatoms. The third kappa shape index (κ3) is 6.95. The number of ether oxygens (including phenoxy) is 2. The summed E-state index contributed by atoms with van der Waals surface area (Å²) in [6.07, 6.45) is 1.14. The lowest BCUT2D eigenvalue weighted by molar-refractivity contribution is -0.147. The fourth-order valence-corrected chi connectivity index (χ4v) is 4.12. The van der Waals surface area contributed by atoms with Crippen molar-refractivity contribution in [2.24, 2.45) is 0 Å². The summed E-state index contributed by atoms with van der Waals surface area (Å²) in [4.78, 5) is 39.8. The lowest BCUT2D eigenvalue weighted by Gasteiger charge is -2.34. The number of hydrogen-bond donors (Lipinski definition) is 1. The molecule has 1 heterocycles. The van der Waals surface area contributed by atoms with E-state index in [1.807, 2.05) is 60.7 Å². The molecule has 36 heavy (non-hydrogen) atoms. The van der Waals surface area contributed by atoms with Crippen molar-refractivity contribution >= 4 is 17.8 Å². The number of esters is 1. The van der Waals surface area contributed by atoms with E-state index >= 15 is 0 Å². The van der Waals surface area contributed by atoms with E-state index in [2.05, 4.69) is 5.32 Å². The Balaban J connectivity index is 1.34. The minimum absolute atomic E-state index is 0.195. The number of amides is 2. The number of carbonyl (C=O) groups excluding carboxylic acids is 3. The molecule has 186 valence electrons. The van der Waals surface area contributed by atoms with Crippen LogP contribution in [0.5, 0.6) is 5.75 Å². The topological polar surface area (TPSA) is 84.9 Å². The van der Waals surface area contributed by atoms with Crippen molar-refractivity contribution < 1.29 is 23.9 Å². The first-order chi connectivity index (χ1) is 17.6. The first kappa shape index (κ1) is 25.0. The monoisotopic (exact) mass is 486 g/mol. The molecule has 1 N–H and O–H groups in total. The summed E-state index contributed by atoms with van der Waals surface area (Å²) in [5, 5.41) is 2.75. The van der Waals surface area contributed by atoms with Crippen molar-refractivity contribution in [2.45, 2.75) is 25.3 Å². The molecule has 0 bridgehead atoms. The normalized spacial score (nSPS) is 15.2. The van der Waals surface area contributed by atoms with E-state index < -0.39 is 12.0 Å². The Hall–Kier alpha value is -4.13. The molecular formula is C29H30N2O5. The number of carbonyl (C=O) groups is 3. The van der Waals surface area contributed by atoms with Gasteiger partial charge in [-0.25, -0.2) is 0 Å². The summed E-state index contributed by atoms with van der Waals surface area (Å²) in [7, 11) is 0. The lowest BCUT2D eigenvalue weighted by atomic mass is 10.1. The van der Waals surface area contributed by atoms with E-state index in [0.29, 0.717) is 37.4 Å². The van der Waals surface area contributed by atoms with Gasteiger partial charge in [0.25, 0.3) is 5.91 Å². The van der Waals surface area contributed by atoms with Gasteiger partial charge in [0.2, 0.25) is 5.91 Å². The molecule has 0 aliphatic carbocycles. The third-order valence-corrected chi connectivity index (χ3v) is 6.03. The molecule has 3 aromatic rings. The van der Waals surface area contributed by atoms with E-state index in [0.717, 1.165) is 12.0 Å². The molecule has 1 fully saturated rings. The minimum atomic E-state index is -0.918. The van der Waals surface area contributed by atoms with Crippen LogP contribution >= 0.6 is 0 Å². The van der Waals surface area contributed by atoms with Crippen molar-refractivity contribution in [3.05, 3.63) is 102 Å². The van der Waals surface area contributed by atoms with E-state index in [-0.39, 0.29) is 24.8 Å². The first-order valence-electron chi connectivity index (χ1n) is 12.1. The summed E-state index contributed by atoms with van der Waals surface area (Å²) in [5.74, 6) is -0.607. The van der Waals surface area contributed by atoms with Crippen LogP contribution in [-0.2, 0) is 27.2 Å². The van der Waals surface area contributed by atoms with Gasteiger partial charge in [-0.05, 0) is 29.3 Å². The Bertz CT molecular complexity index is 1170. The van der Waals surface area contributed by atoms with Gasteiger partial charge in [0.1, 0.15) is 11.8 Å². The average molecular weight is 487 g/mol. The van der Waals surface area contributed by atoms with Gasteiger partial charge in [-0.15, -0.1) is 0 Å². The van der Waals surface area contributed by atoms with Gasteiger partial charge in [0, 0.05) is 31.5 Å². The Morgan fingerprint density at radius 2 is 1.53 bits per heavy atom. The lowest BCUT2D eigenvalue weighted by Crippen LogP contribution is -2.57. The Morgan fingerprint density at radius 3 is 2.22 bits per heavy atom.